The minimum absolute atomic E-state index is 0. The van der Waals surface area contributed by atoms with Gasteiger partial charge in [0.05, 0.1) is 0 Å². The molecule has 0 aliphatic rings. The second-order valence-electron chi connectivity index (χ2n) is 0.0680. The molecule has 0 saturated carbocycles. The molecule has 2 radical (unpaired) electrons. The Hall–Kier alpha value is 1.05. The van der Waals surface area contributed by atoms with Crippen LogP contribution in [0.5, 0.6) is 0 Å². The van der Waals surface area contributed by atoms with Crippen LogP contribution in [-0.4, -0.2) is 23.1 Å². The third kappa shape index (κ3) is 11.6. The topological polar surface area (TPSA) is 34.1 Å². The summed E-state index contributed by atoms with van der Waals surface area (Å²) in [6, 6.07) is 0. The Morgan fingerprint density at radius 2 is 1.25 bits per heavy atom. The van der Waals surface area contributed by atoms with E-state index in [4.69, 9.17) is 6.80 Å². The van der Waals surface area contributed by atoms with Gasteiger partial charge in [-0.1, -0.05) is 0 Å². The molecule has 0 aliphatic carbocycles. The van der Waals surface area contributed by atoms with Gasteiger partial charge in [0.25, 0.3) is 0 Å². The second kappa shape index (κ2) is 8.96. The summed E-state index contributed by atoms with van der Waals surface area (Å²) in [7, 11) is 0. The first kappa shape index (κ1) is 8.91. The molecule has 0 aliphatic heterocycles. The second-order valence-corrected chi connectivity index (χ2v) is 0.403. The van der Waals surface area contributed by atoms with Gasteiger partial charge in [-0.3, -0.25) is 0 Å². The zero-order valence-electron chi connectivity index (χ0n) is 1.93. The third-order valence-corrected chi connectivity index (χ3v) is 0. The number of hydrogen-bond donors (Lipinski definition) is 0. The van der Waals surface area contributed by atoms with Gasteiger partial charge in [0.1, 0.15) is 0 Å². The van der Waals surface area contributed by atoms with Crippen molar-refractivity contribution < 1.29 is 25.3 Å². The molecule has 0 atom stereocenters. The van der Waals surface area contributed by atoms with Crippen LogP contribution in [0.25, 0.3) is 0 Å². The predicted octanol–water partition coefficient (Wildman–Crippen LogP) is -0.621. The molecule has 0 saturated heterocycles. The molecular weight excluding hydrogens is 152 g/mol. The van der Waals surface area contributed by atoms with Crippen molar-refractivity contribution in [3.8, 4) is 0 Å². The van der Waals surface area contributed by atoms with Crippen LogP contribution in [0.15, 0.2) is 0 Å². The van der Waals surface area contributed by atoms with Crippen LogP contribution in [0.1, 0.15) is 0 Å². The van der Waals surface area contributed by atoms with Crippen molar-refractivity contribution in [2.75, 3.05) is 0 Å². The van der Waals surface area contributed by atoms with Gasteiger partial charge in [-0.2, -0.15) is 0 Å². The standard InChI is InChI=1S/Mg.Mo.2O. The zero-order chi connectivity index (χ0) is 2.71. The molecule has 4 heavy (non-hydrogen) atoms. The van der Waals surface area contributed by atoms with Crippen LogP contribution in [0.2, 0.25) is 0 Å². The Bertz CT molecular complexity index is 27.0. The molecule has 0 aromatic rings. The van der Waals surface area contributed by atoms with Crippen molar-refractivity contribution in [3.05, 3.63) is 0 Å². The van der Waals surface area contributed by atoms with Crippen LogP contribution in [-0.2, 0) is 25.3 Å². The van der Waals surface area contributed by atoms with E-state index >= 15 is 0 Å². The monoisotopic (exact) mass is 154 g/mol. The van der Waals surface area contributed by atoms with Gasteiger partial charge in [0.15, 0.2) is 0 Å². The first-order valence-corrected chi connectivity index (χ1v) is 1.97. The molecule has 0 unspecified atom stereocenters. The summed E-state index contributed by atoms with van der Waals surface area (Å²) in [5.41, 5.74) is 0. The first-order valence-electron chi connectivity index (χ1n) is 0.333. The Balaban J connectivity index is 0. The van der Waals surface area contributed by atoms with Crippen LogP contribution in [0.3, 0.4) is 0 Å². The third-order valence-electron chi connectivity index (χ3n) is 0. The molecule has 0 N–H and O–H groups in total. The molecule has 0 bridgehead atoms. The van der Waals surface area contributed by atoms with E-state index < -0.39 is 18.5 Å². The van der Waals surface area contributed by atoms with E-state index in [9.17, 15) is 0 Å². The van der Waals surface area contributed by atoms with Crippen LogP contribution < -0.4 is 0 Å². The summed E-state index contributed by atoms with van der Waals surface area (Å²) in [5, 5.41) is 0. The van der Waals surface area contributed by atoms with E-state index in [0.29, 0.717) is 0 Å². The van der Waals surface area contributed by atoms with Crippen molar-refractivity contribution in [1.82, 2.24) is 0 Å². The molecule has 2 nitrogen and oxygen atoms in total. The normalized spacial score (nSPS) is 3.00. The number of rotatable bonds is 0. The van der Waals surface area contributed by atoms with E-state index in [0.717, 1.165) is 0 Å². The fraction of sp³-hybridized carbons (Fsp3) is 0. The molecule has 0 aromatic carbocycles. The SMILES string of the molecule is [Mg].[O]=[Mo]=[O]. The summed E-state index contributed by atoms with van der Waals surface area (Å²) < 4.78 is 17.0. The quantitative estimate of drug-likeness (QED) is 0.433. The van der Waals surface area contributed by atoms with E-state index in [1.54, 1.807) is 0 Å². The predicted molar refractivity (Wildman–Crippen MR) is 7.13 cm³/mol. The molecular formula is MgMoO2. The molecule has 0 aromatic heterocycles. The molecule has 0 heterocycles. The van der Waals surface area contributed by atoms with Gasteiger partial charge in [-0.15, -0.1) is 0 Å². The van der Waals surface area contributed by atoms with Crippen molar-refractivity contribution in [1.29, 1.82) is 0 Å². The van der Waals surface area contributed by atoms with E-state index in [1.807, 2.05) is 0 Å². The Morgan fingerprint density at radius 1 is 1.25 bits per heavy atom. The van der Waals surface area contributed by atoms with Gasteiger partial charge in [-0.05, 0) is 0 Å². The molecule has 4 heteroatoms. The maximum atomic E-state index is 8.50. The molecule has 0 spiro atoms. The Kier molecular flexibility index (Phi) is 20.0. The van der Waals surface area contributed by atoms with Gasteiger partial charge < -0.3 is 0 Å². The first-order chi connectivity index (χ1) is 1.41. The van der Waals surface area contributed by atoms with Gasteiger partial charge in [0, 0.05) is 23.1 Å². The molecule has 20 valence electrons. The Labute approximate surface area is 48.3 Å². The zero-order valence-corrected chi connectivity index (χ0v) is 5.35. The Morgan fingerprint density at radius 3 is 1.25 bits per heavy atom. The van der Waals surface area contributed by atoms with Gasteiger partial charge >= 0.3 is 25.3 Å². The molecule has 0 fully saturated rings. The fourth-order valence-corrected chi connectivity index (χ4v) is 0. The summed E-state index contributed by atoms with van der Waals surface area (Å²) in [5.74, 6) is 0. The van der Waals surface area contributed by atoms with Crippen LogP contribution >= 0.6 is 0 Å². The number of hydrogen-bond acceptors (Lipinski definition) is 2. The van der Waals surface area contributed by atoms with Crippen molar-refractivity contribution >= 4 is 23.1 Å². The molecule has 0 amide bonds. The molecule has 0 rings (SSSR count). The van der Waals surface area contributed by atoms with Gasteiger partial charge in [0.2, 0.25) is 0 Å². The summed E-state index contributed by atoms with van der Waals surface area (Å²) in [6.07, 6.45) is 0. The van der Waals surface area contributed by atoms with Crippen LogP contribution in [0.4, 0.5) is 0 Å². The van der Waals surface area contributed by atoms with Crippen molar-refractivity contribution in [3.63, 3.8) is 0 Å². The van der Waals surface area contributed by atoms with E-state index in [2.05, 4.69) is 0 Å². The summed E-state index contributed by atoms with van der Waals surface area (Å²) >= 11 is -2.03. The van der Waals surface area contributed by atoms with Crippen molar-refractivity contribution in [2.24, 2.45) is 0 Å². The van der Waals surface area contributed by atoms with E-state index in [1.165, 1.54) is 0 Å². The summed E-state index contributed by atoms with van der Waals surface area (Å²) in [4.78, 5) is 0. The fourth-order valence-electron chi connectivity index (χ4n) is 0. The maximum absolute atomic E-state index is 8.50. The van der Waals surface area contributed by atoms with Crippen LogP contribution in [0, 0.1) is 0 Å². The van der Waals surface area contributed by atoms with E-state index in [-0.39, 0.29) is 23.1 Å². The minimum atomic E-state index is -2.03. The summed E-state index contributed by atoms with van der Waals surface area (Å²) in [6.45, 7) is 0. The van der Waals surface area contributed by atoms with Crippen molar-refractivity contribution in [2.45, 2.75) is 0 Å². The van der Waals surface area contributed by atoms with Gasteiger partial charge in [-0.25, -0.2) is 0 Å². The average Bonchev–Trinajstić information content (AvgIpc) is 0.918. The average molecular weight is 152 g/mol.